The number of piperazine rings is 1. The average Bonchev–Trinajstić information content (AvgIpc) is 3.30. The minimum absolute atomic E-state index is 0.296. The minimum Gasteiger partial charge on any atom is -0.466 e. The summed E-state index contributed by atoms with van der Waals surface area (Å²) in [5, 5.41) is 7.66. The van der Waals surface area contributed by atoms with Crippen LogP contribution < -0.4 is 15.5 Å². The van der Waals surface area contributed by atoms with Crippen molar-refractivity contribution in [3.63, 3.8) is 0 Å². The number of nitrogens with one attached hydrogen (secondary N) is 2. The molecule has 0 aliphatic carbocycles. The topological polar surface area (TPSA) is 73.9 Å². The molecule has 0 saturated carbocycles. The first-order valence-electron chi connectivity index (χ1n) is 10.4. The maximum Gasteiger partial charge on any atom is 0.338 e. The van der Waals surface area contributed by atoms with E-state index in [1.165, 1.54) is 35.3 Å². The number of methoxy groups -OCH3 is 1. The molecule has 2 N–H and O–H groups in total. The molecular weight excluding hydrogens is 412 g/mol. The number of rotatable bonds is 5. The first kappa shape index (κ1) is 21.4. The van der Waals surface area contributed by atoms with Crippen molar-refractivity contribution in [2.24, 2.45) is 0 Å². The van der Waals surface area contributed by atoms with Crippen LogP contribution in [0.15, 0.2) is 47.0 Å². The molecule has 3 heterocycles. The molecule has 1 aromatic carbocycles. The van der Waals surface area contributed by atoms with Gasteiger partial charge in [0.05, 0.1) is 18.7 Å². The maximum atomic E-state index is 12.6. The molecule has 0 radical (unpaired) electrons. The Labute approximate surface area is 186 Å². The number of aryl methyl sites for hydroxylation is 1. The van der Waals surface area contributed by atoms with Gasteiger partial charge in [0, 0.05) is 49.0 Å². The van der Waals surface area contributed by atoms with Crippen LogP contribution in [-0.2, 0) is 9.53 Å². The van der Waals surface area contributed by atoms with Gasteiger partial charge in [-0.3, -0.25) is 4.90 Å². The van der Waals surface area contributed by atoms with Crippen molar-refractivity contribution in [1.29, 1.82) is 0 Å². The van der Waals surface area contributed by atoms with Gasteiger partial charge in [-0.1, -0.05) is 18.2 Å². The third-order valence-corrected chi connectivity index (χ3v) is 6.99. The monoisotopic (exact) mass is 440 g/mol. The SMILES string of the molecule is COC(=O)C1=C(CN2CCN(c3cccc(C)c3C)CC2)NC(=O)N[C@@H]1c1cccs1. The number of amides is 2. The van der Waals surface area contributed by atoms with Crippen molar-refractivity contribution in [2.45, 2.75) is 19.9 Å². The fraction of sp³-hybridized carbons (Fsp3) is 0.391. The number of nitrogens with zero attached hydrogens (tertiary/aromatic N) is 2. The molecule has 0 bridgehead atoms. The predicted octanol–water partition coefficient (Wildman–Crippen LogP) is 2.97. The van der Waals surface area contributed by atoms with E-state index >= 15 is 0 Å². The van der Waals surface area contributed by atoms with E-state index in [9.17, 15) is 9.59 Å². The van der Waals surface area contributed by atoms with Gasteiger partial charge in [0.1, 0.15) is 0 Å². The number of carbonyl (C=O) groups excluding carboxylic acids is 2. The van der Waals surface area contributed by atoms with E-state index in [1.54, 1.807) is 0 Å². The van der Waals surface area contributed by atoms with Gasteiger partial charge >= 0.3 is 12.0 Å². The highest BCUT2D eigenvalue weighted by molar-refractivity contribution is 7.10. The molecule has 2 aliphatic heterocycles. The minimum atomic E-state index is -0.493. The molecular formula is C23H28N4O3S. The molecule has 8 heteroatoms. The standard InChI is InChI=1S/C23H28N4O3S/c1-15-6-4-7-18(16(15)2)27-11-9-26(10-12-27)14-17-20(22(28)30-3)21(25-23(29)24-17)19-8-5-13-31-19/h4-8,13,21H,9-12,14H2,1-3H3,(H2,24,25,29)/t21-/m1/s1. The van der Waals surface area contributed by atoms with Crippen molar-refractivity contribution in [3.05, 3.63) is 63.0 Å². The molecule has 1 saturated heterocycles. The van der Waals surface area contributed by atoms with Crippen molar-refractivity contribution >= 4 is 29.0 Å². The molecule has 7 nitrogen and oxygen atoms in total. The van der Waals surface area contributed by atoms with Crippen LogP contribution in [0.3, 0.4) is 0 Å². The number of carbonyl (C=O) groups is 2. The lowest BCUT2D eigenvalue weighted by Crippen LogP contribution is -2.51. The smallest absolute Gasteiger partial charge is 0.338 e. The number of hydrogen-bond donors (Lipinski definition) is 2. The molecule has 4 rings (SSSR count). The molecule has 31 heavy (non-hydrogen) atoms. The molecule has 1 atom stereocenters. The maximum absolute atomic E-state index is 12.6. The second kappa shape index (κ2) is 9.11. The molecule has 2 aromatic rings. The van der Waals surface area contributed by atoms with Crippen LogP contribution >= 0.6 is 11.3 Å². The lowest BCUT2D eigenvalue weighted by Gasteiger charge is -2.38. The normalized spacial score (nSPS) is 19.8. The van der Waals surface area contributed by atoms with Crippen molar-refractivity contribution in [2.75, 3.05) is 44.7 Å². The molecule has 0 unspecified atom stereocenters. The zero-order valence-corrected chi connectivity index (χ0v) is 18.9. The van der Waals surface area contributed by atoms with Crippen LogP contribution in [0, 0.1) is 13.8 Å². The highest BCUT2D eigenvalue weighted by atomic mass is 32.1. The van der Waals surface area contributed by atoms with E-state index in [0.29, 0.717) is 17.8 Å². The number of ether oxygens (including phenoxy) is 1. The Bertz CT molecular complexity index is 994. The van der Waals surface area contributed by atoms with Gasteiger partial charge in [-0.05, 0) is 42.5 Å². The summed E-state index contributed by atoms with van der Waals surface area (Å²) >= 11 is 1.51. The van der Waals surface area contributed by atoms with Gasteiger partial charge < -0.3 is 20.3 Å². The Morgan fingerprint density at radius 1 is 1.16 bits per heavy atom. The van der Waals surface area contributed by atoms with E-state index in [2.05, 4.69) is 52.5 Å². The van der Waals surface area contributed by atoms with Crippen LogP contribution in [0.25, 0.3) is 0 Å². The van der Waals surface area contributed by atoms with Gasteiger partial charge in [-0.2, -0.15) is 0 Å². The highest BCUT2D eigenvalue weighted by Crippen LogP contribution is 2.31. The fourth-order valence-electron chi connectivity index (χ4n) is 4.21. The van der Waals surface area contributed by atoms with E-state index in [0.717, 1.165) is 31.1 Å². The number of anilines is 1. The molecule has 0 spiro atoms. The van der Waals surface area contributed by atoms with Gasteiger partial charge in [0.2, 0.25) is 0 Å². The Kier molecular flexibility index (Phi) is 6.29. The number of hydrogen-bond acceptors (Lipinski definition) is 6. The van der Waals surface area contributed by atoms with Crippen LogP contribution in [0.1, 0.15) is 22.0 Å². The van der Waals surface area contributed by atoms with E-state index in [4.69, 9.17) is 4.74 Å². The summed E-state index contributed by atoms with van der Waals surface area (Å²) in [4.78, 5) is 30.6. The Morgan fingerprint density at radius 2 is 1.94 bits per heavy atom. The van der Waals surface area contributed by atoms with E-state index in [-0.39, 0.29) is 6.03 Å². The second-order valence-electron chi connectivity index (χ2n) is 7.91. The molecule has 2 amide bonds. The molecule has 2 aliphatic rings. The number of benzene rings is 1. The summed E-state index contributed by atoms with van der Waals surface area (Å²) in [6, 6.07) is 9.46. The Hall–Kier alpha value is -2.84. The Morgan fingerprint density at radius 3 is 2.61 bits per heavy atom. The summed E-state index contributed by atoms with van der Waals surface area (Å²) in [7, 11) is 1.37. The van der Waals surface area contributed by atoms with Gasteiger partial charge in [-0.15, -0.1) is 11.3 Å². The zero-order chi connectivity index (χ0) is 22.0. The van der Waals surface area contributed by atoms with Crippen LogP contribution in [0.2, 0.25) is 0 Å². The lowest BCUT2D eigenvalue weighted by molar-refractivity contribution is -0.136. The van der Waals surface area contributed by atoms with Crippen molar-refractivity contribution < 1.29 is 14.3 Å². The summed E-state index contributed by atoms with van der Waals surface area (Å²) < 4.78 is 5.06. The second-order valence-corrected chi connectivity index (χ2v) is 8.89. The van der Waals surface area contributed by atoms with Gasteiger partial charge in [0.25, 0.3) is 0 Å². The third-order valence-electron chi connectivity index (χ3n) is 6.06. The van der Waals surface area contributed by atoms with Crippen molar-refractivity contribution in [1.82, 2.24) is 15.5 Å². The average molecular weight is 441 g/mol. The van der Waals surface area contributed by atoms with E-state index < -0.39 is 12.0 Å². The fourth-order valence-corrected chi connectivity index (χ4v) is 5.00. The van der Waals surface area contributed by atoms with E-state index in [1.807, 2.05) is 17.5 Å². The lowest BCUT2D eigenvalue weighted by atomic mass is 10.0. The first-order valence-corrected chi connectivity index (χ1v) is 11.3. The summed E-state index contributed by atoms with van der Waals surface area (Å²) in [5.41, 5.74) is 4.98. The van der Waals surface area contributed by atoms with Crippen LogP contribution in [0.4, 0.5) is 10.5 Å². The predicted molar refractivity (Wildman–Crippen MR) is 122 cm³/mol. The zero-order valence-electron chi connectivity index (χ0n) is 18.1. The number of urea groups is 1. The van der Waals surface area contributed by atoms with Gasteiger partial charge in [0.15, 0.2) is 0 Å². The Balaban J connectivity index is 1.52. The molecule has 1 fully saturated rings. The summed E-state index contributed by atoms with van der Waals surface area (Å²) in [6.45, 7) is 8.29. The number of esters is 1. The summed E-state index contributed by atoms with van der Waals surface area (Å²) in [6.07, 6.45) is 0. The summed E-state index contributed by atoms with van der Waals surface area (Å²) in [5.74, 6) is -0.421. The first-order chi connectivity index (χ1) is 15.0. The van der Waals surface area contributed by atoms with Crippen molar-refractivity contribution in [3.8, 4) is 0 Å². The molecule has 1 aromatic heterocycles. The quantitative estimate of drug-likeness (QED) is 0.700. The largest absolute Gasteiger partial charge is 0.466 e. The third kappa shape index (κ3) is 4.45. The number of thiophene rings is 1. The van der Waals surface area contributed by atoms with Gasteiger partial charge in [-0.25, -0.2) is 9.59 Å². The highest BCUT2D eigenvalue weighted by Gasteiger charge is 2.35. The van der Waals surface area contributed by atoms with Crippen LogP contribution in [0.5, 0.6) is 0 Å². The molecule has 164 valence electrons. The van der Waals surface area contributed by atoms with Crippen LogP contribution in [-0.4, -0.2) is 56.7 Å².